The van der Waals surface area contributed by atoms with Gasteiger partial charge in [-0.15, -0.1) is 0 Å². The van der Waals surface area contributed by atoms with E-state index in [-0.39, 0.29) is 24.2 Å². The summed E-state index contributed by atoms with van der Waals surface area (Å²) in [6, 6.07) is -0.344. The fraction of sp³-hybridized carbons (Fsp3) is 0.800. The van der Waals surface area contributed by atoms with Gasteiger partial charge in [0.15, 0.2) is 0 Å². The summed E-state index contributed by atoms with van der Waals surface area (Å²) in [6.07, 6.45) is 5.07. The molecule has 6 heteroatoms. The monoisotopic (exact) mass is 299 g/mol. The predicted molar refractivity (Wildman–Crippen MR) is 78.9 cm³/mol. The van der Waals surface area contributed by atoms with Gasteiger partial charge in [0.05, 0.1) is 24.9 Å². The molecule has 120 valence electrons. The van der Waals surface area contributed by atoms with Gasteiger partial charge >= 0.3 is 0 Å². The summed E-state index contributed by atoms with van der Waals surface area (Å²) in [5.41, 5.74) is 1.04. The molecule has 1 aliphatic rings. The van der Waals surface area contributed by atoms with Crippen molar-refractivity contribution >= 4 is 6.29 Å². The summed E-state index contributed by atoms with van der Waals surface area (Å²) in [6.45, 7) is 6.11. The van der Waals surface area contributed by atoms with Crippen molar-refractivity contribution in [3.05, 3.63) is 17.1 Å². The molecule has 1 saturated heterocycles. The van der Waals surface area contributed by atoms with E-state index in [1.807, 2.05) is 0 Å². The standard InChI is InChI=1S/C15H25NO5/c1-11(10-17)8-13(16-18)5-6-15-12(2)9-14(21-15)4-3-7-20-19/h10-11,13-15,19H,2-9H2,1H3/t11-,13-,14+,15+/m1/s1. The number of nitroso groups, excluding NO2 is 1. The number of carbonyl (C=O) groups is 1. The van der Waals surface area contributed by atoms with Crippen LogP contribution in [0.3, 0.4) is 0 Å². The van der Waals surface area contributed by atoms with Crippen molar-refractivity contribution in [3.8, 4) is 0 Å². The van der Waals surface area contributed by atoms with Crippen molar-refractivity contribution in [2.45, 2.75) is 63.7 Å². The molecule has 0 aromatic carbocycles. The van der Waals surface area contributed by atoms with Crippen molar-refractivity contribution in [2.24, 2.45) is 11.1 Å². The average molecular weight is 299 g/mol. The molecule has 0 saturated carbocycles. The maximum absolute atomic E-state index is 10.8. The highest BCUT2D eigenvalue weighted by Crippen LogP contribution is 2.31. The van der Waals surface area contributed by atoms with Gasteiger partial charge in [0.2, 0.25) is 0 Å². The first-order valence-electron chi connectivity index (χ1n) is 7.48. The van der Waals surface area contributed by atoms with Crippen molar-refractivity contribution in [1.82, 2.24) is 0 Å². The summed E-state index contributed by atoms with van der Waals surface area (Å²) >= 11 is 0. The molecule has 1 rings (SSSR count). The molecule has 6 nitrogen and oxygen atoms in total. The lowest BCUT2D eigenvalue weighted by atomic mass is 9.96. The number of aldehydes is 1. The second-order valence-electron chi connectivity index (χ2n) is 5.77. The second-order valence-corrected chi connectivity index (χ2v) is 5.77. The van der Waals surface area contributed by atoms with Crippen molar-refractivity contribution < 1.29 is 19.7 Å². The van der Waals surface area contributed by atoms with Crippen molar-refractivity contribution in [3.63, 3.8) is 0 Å². The summed E-state index contributed by atoms with van der Waals surface area (Å²) < 4.78 is 5.90. The topological polar surface area (TPSA) is 85.2 Å². The highest BCUT2D eigenvalue weighted by Gasteiger charge is 2.29. The lowest BCUT2D eigenvalue weighted by Gasteiger charge is -2.16. The van der Waals surface area contributed by atoms with E-state index in [2.05, 4.69) is 16.6 Å². The van der Waals surface area contributed by atoms with Gasteiger partial charge < -0.3 is 9.53 Å². The van der Waals surface area contributed by atoms with Crippen LogP contribution in [0.1, 0.15) is 45.4 Å². The van der Waals surface area contributed by atoms with Gasteiger partial charge in [-0.3, -0.25) is 5.26 Å². The van der Waals surface area contributed by atoms with Gasteiger partial charge in [0.1, 0.15) is 6.29 Å². The molecule has 0 aromatic heterocycles. The number of hydrogen-bond acceptors (Lipinski definition) is 6. The number of ether oxygens (including phenoxy) is 1. The minimum absolute atomic E-state index is 0.0409. The zero-order valence-corrected chi connectivity index (χ0v) is 12.6. The first-order chi connectivity index (χ1) is 10.1. The Labute approximate surface area is 125 Å². The normalized spacial score (nSPS) is 24.8. The van der Waals surface area contributed by atoms with E-state index in [1.165, 1.54) is 0 Å². The van der Waals surface area contributed by atoms with Crippen LogP contribution in [0.15, 0.2) is 17.3 Å². The first kappa shape index (κ1) is 17.9. The fourth-order valence-corrected chi connectivity index (χ4v) is 2.66. The van der Waals surface area contributed by atoms with E-state index in [0.29, 0.717) is 25.9 Å². The molecular formula is C15H25NO5. The zero-order valence-electron chi connectivity index (χ0n) is 12.6. The van der Waals surface area contributed by atoms with Crippen LogP contribution in [0.4, 0.5) is 0 Å². The van der Waals surface area contributed by atoms with Gasteiger partial charge in [-0.25, -0.2) is 4.89 Å². The molecule has 1 aliphatic heterocycles. The molecule has 1 N–H and O–H groups in total. The maximum Gasteiger partial charge on any atom is 0.122 e. The Morgan fingerprint density at radius 2 is 2.33 bits per heavy atom. The molecule has 0 amide bonds. The highest BCUT2D eigenvalue weighted by molar-refractivity contribution is 5.52. The third-order valence-corrected chi connectivity index (χ3v) is 3.85. The first-order valence-corrected chi connectivity index (χ1v) is 7.48. The Hall–Kier alpha value is -1.11. The third kappa shape index (κ3) is 6.46. The quantitative estimate of drug-likeness (QED) is 0.158. The Kier molecular flexibility index (Phi) is 8.34. The Morgan fingerprint density at radius 3 is 2.95 bits per heavy atom. The molecule has 0 aromatic rings. The van der Waals surface area contributed by atoms with Crippen molar-refractivity contribution in [1.29, 1.82) is 0 Å². The fourth-order valence-electron chi connectivity index (χ4n) is 2.66. The third-order valence-electron chi connectivity index (χ3n) is 3.85. The molecular weight excluding hydrogens is 274 g/mol. The Morgan fingerprint density at radius 1 is 1.57 bits per heavy atom. The van der Waals surface area contributed by atoms with Gasteiger partial charge in [-0.1, -0.05) is 18.7 Å². The van der Waals surface area contributed by atoms with E-state index < -0.39 is 0 Å². The summed E-state index contributed by atoms with van der Waals surface area (Å²) in [5, 5.41) is 11.4. The largest absolute Gasteiger partial charge is 0.370 e. The number of nitrogens with zero attached hydrogens (tertiary/aromatic N) is 1. The minimum atomic E-state index is -0.344. The van der Waals surface area contributed by atoms with Crippen LogP contribution in [0.2, 0.25) is 0 Å². The lowest BCUT2D eigenvalue weighted by Crippen LogP contribution is -2.16. The molecule has 0 spiro atoms. The number of hydrogen-bond donors (Lipinski definition) is 1. The highest BCUT2D eigenvalue weighted by atomic mass is 17.1. The second kappa shape index (κ2) is 9.76. The van der Waals surface area contributed by atoms with Crippen LogP contribution in [0, 0.1) is 10.8 Å². The Balaban J connectivity index is 2.32. The summed E-state index contributed by atoms with van der Waals surface area (Å²) in [5.74, 6) is -0.147. The van der Waals surface area contributed by atoms with E-state index in [9.17, 15) is 9.70 Å². The van der Waals surface area contributed by atoms with Crippen LogP contribution in [0.5, 0.6) is 0 Å². The van der Waals surface area contributed by atoms with Crippen LogP contribution >= 0.6 is 0 Å². The van der Waals surface area contributed by atoms with Crippen LogP contribution in [0.25, 0.3) is 0 Å². The predicted octanol–water partition coefficient (Wildman–Crippen LogP) is 3.11. The van der Waals surface area contributed by atoms with Gasteiger partial charge in [0.25, 0.3) is 0 Å². The van der Waals surface area contributed by atoms with Crippen molar-refractivity contribution in [2.75, 3.05) is 6.61 Å². The smallest absolute Gasteiger partial charge is 0.122 e. The summed E-state index contributed by atoms with van der Waals surface area (Å²) in [4.78, 5) is 25.5. The SMILES string of the molecule is C=C1C[C@H](CCCOO)O[C@H]1CC[C@H](C[C@@H](C)C=O)N=O. The molecule has 1 heterocycles. The van der Waals surface area contributed by atoms with E-state index >= 15 is 0 Å². The van der Waals surface area contributed by atoms with Gasteiger partial charge in [-0.2, -0.15) is 4.91 Å². The van der Waals surface area contributed by atoms with Crippen LogP contribution in [-0.2, 0) is 14.4 Å². The van der Waals surface area contributed by atoms with Crippen LogP contribution < -0.4 is 0 Å². The lowest BCUT2D eigenvalue weighted by molar-refractivity contribution is -0.243. The zero-order chi connectivity index (χ0) is 15.7. The molecule has 0 unspecified atom stereocenters. The van der Waals surface area contributed by atoms with Gasteiger partial charge in [-0.05, 0) is 44.1 Å². The van der Waals surface area contributed by atoms with E-state index in [4.69, 9.17) is 9.99 Å². The number of carbonyl (C=O) groups excluding carboxylic acids is 1. The maximum atomic E-state index is 10.8. The molecule has 21 heavy (non-hydrogen) atoms. The number of rotatable bonds is 11. The molecule has 1 fully saturated rings. The van der Waals surface area contributed by atoms with E-state index in [0.717, 1.165) is 31.1 Å². The minimum Gasteiger partial charge on any atom is -0.370 e. The average Bonchev–Trinajstić information content (AvgIpc) is 2.83. The van der Waals surface area contributed by atoms with Crippen LogP contribution in [-0.4, -0.2) is 36.4 Å². The van der Waals surface area contributed by atoms with Gasteiger partial charge in [0, 0.05) is 5.92 Å². The Bertz CT molecular complexity index is 347. The molecule has 0 aliphatic carbocycles. The molecule has 0 radical (unpaired) electrons. The molecule has 0 bridgehead atoms. The van der Waals surface area contributed by atoms with E-state index in [1.54, 1.807) is 6.92 Å². The molecule has 4 atom stereocenters. The summed E-state index contributed by atoms with van der Waals surface area (Å²) in [7, 11) is 0.